The first kappa shape index (κ1) is 27.2. The van der Waals surface area contributed by atoms with E-state index in [0.29, 0.717) is 5.56 Å². The lowest BCUT2D eigenvalue weighted by atomic mass is 9.93. The number of carbonyl (C=O) groups is 2. The number of esters is 1. The number of hydrogen-bond donors (Lipinski definition) is 2. The van der Waals surface area contributed by atoms with Crippen molar-refractivity contribution in [1.82, 2.24) is 15.1 Å². The normalized spacial score (nSPS) is 14.2. The standard InChI is InChI=1S/C25H34FN3O5/c1-6-18(23(32)28-19(20(30)13-26)12-21(31)34-25(3,4)5)22-16(2)14-27-29(24(22)33)15-17-10-8-7-9-11-17/h7-11,14,18-20,30H,6,12-13,15H2,1-5H3,(H,28,32). The van der Waals surface area contributed by atoms with Gasteiger partial charge in [-0.05, 0) is 45.2 Å². The molecule has 2 N–H and O–H groups in total. The van der Waals surface area contributed by atoms with Crippen LogP contribution in [-0.4, -0.2) is 51.2 Å². The fourth-order valence-corrected chi connectivity index (χ4v) is 3.64. The van der Waals surface area contributed by atoms with E-state index in [1.807, 2.05) is 30.3 Å². The summed E-state index contributed by atoms with van der Waals surface area (Å²) in [4.78, 5) is 38.7. The van der Waals surface area contributed by atoms with Crippen molar-refractivity contribution in [2.75, 3.05) is 6.67 Å². The number of carbonyl (C=O) groups excluding carboxylic acids is 2. The van der Waals surface area contributed by atoms with Crippen LogP contribution in [0.15, 0.2) is 41.3 Å². The summed E-state index contributed by atoms with van der Waals surface area (Å²) in [6.07, 6.45) is -0.188. The molecular formula is C25H34FN3O5. The van der Waals surface area contributed by atoms with E-state index >= 15 is 0 Å². The summed E-state index contributed by atoms with van der Waals surface area (Å²) in [5.41, 5.74) is 0.534. The molecule has 0 aliphatic heterocycles. The van der Waals surface area contributed by atoms with E-state index in [4.69, 9.17) is 4.74 Å². The summed E-state index contributed by atoms with van der Waals surface area (Å²) in [6, 6.07) is 8.14. The smallest absolute Gasteiger partial charge is 0.308 e. The van der Waals surface area contributed by atoms with E-state index in [-0.39, 0.29) is 18.5 Å². The van der Waals surface area contributed by atoms with Gasteiger partial charge in [-0.2, -0.15) is 5.10 Å². The van der Waals surface area contributed by atoms with Gasteiger partial charge in [-0.3, -0.25) is 14.4 Å². The van der Waals surface area contributed by atoms with Crippen LogP contribution in [0.4, 0.5) is 4.39 Å². The molecule has 1 heterocycles. The van der Waals surface area contributed by atoms with Crippen LogP contribution in [0.3, 0.4) is 0 Å². The molecule has 1 amide bonds. The van der Waals surface area contributed by atoms with Gasteiger partial charge in [0, 0.05) is 5.56 Å². The second-order valence-electron chi connectivity index (χ2n) is 9.28. The molecule has 9 heteroatoms. The predicted octanol–water partition coefficient (Wildman–Crippen LogP) is 2.64. The highest BCUT2D eigenvalue weighted by Gasteiger charge is 2.31. The molecule has 0 aliphatic carbocycles. The zero-order valence-corrected chi connectivity index (χ0v) is 20.4. The number of rotatable bonds is 10. The average Bonchev–Trinajstić information content (AvgIpc) is 2.76. The molecular weight excluding hydrogens is 441 g/mol. The average molecular weight is 476 g/mol. The molecule has 0 aliphatic rings. The van der Waals surface area contributed by atoms with Gasteiger partial charge in [0.05, 0.1) is 31.1 Å². The summed E-state index contributed by atoms with van der Waals surface area (Å²) in [7, 11) is 0. The van der Waals surface area contributed by atoms with Crippen molar-refractivity contribution < 1.29 is 23.8 Å². The predicted molar refractivity (Wildman–Crippen MR) is 126 cm³/mol. The Morgan fingerprint density at radius 2 is 1.88 bits per heavy atom. The van der Waals surface area contributed by atoms with Crippen LogP contribution in [0.25, 0.3) is 0 Å². The second kappa shape index (κ2) is 11.9. The van der Waals surface area contributed by atoms with Crippen molar-refractivity contribution in [3.8, 4) is 0 Å². The highest BCUT2D eigenvalue weighted by Crippen LogP contribution is 2.21. The lowest BCUT2D eigenvalue weighted by Crippen LogP contribution is -2.48. The molecule has 0 spiro atoms. The first-order chi connectivity index (χ1) is 16.0. The Balaban J connectivity index is 2.30. The van der Waals surface area contributed by atoms with E-state index in [0.717, 1.165) is 5.56 Å². The number of aromatic nitrogens is 2. The maximum Gasteiger partial charge on any atom is 0.308 e. The van der Waals surface area contributed by atoms with E-state index in [1.165, 1.54) is 10.9 Å². The Kier molecular flexibility index (Phi) is 9.49. The van der Waals surface area contributed by atoms with Crippen LogP contribution in [0.1, 0.15) is 63.1 Å². The first-order valence-corrected chi connectivity index (χ1v) is 11.3. The van der Waals surface area contributed by atoms with Crippen molar-refractivity contribution in [3.05, 3.63) is 63.6 Å². The minimum Gasteiger partial charge on any atom is -0.460 e. The van der Waals surface area contributed by atoms with Crippen molar-refractivity contribution >= 4 is 11.9 Å². The number of alkyl halides is 1. The number of aliphatic hydroxyl groups is 1. The highest BCUT2D eigenvalue weighted by atomic mass is 19.1. The lowest BCUT2D eigenvalue weighted by molar-refractivity contribution is -0.156. The van der Waals surface area contributed by atoms with Crippen LogP contribution in [0.2, 0.25) is 0 Å². The third kappa shape index (κ3) is 7.48. The van der Waals surface area contributed by atoms with Gasteiger partial charge < -0.3 is 15.2 Å². The second-order valence-corrected chi connectivity index (χ2v) is 9.28. The molecule has 3 atom stereocenters. The molecule has 8 nitrogen and oxygen atoms in total. The van der Waals surface area contributed by atoms with E-state index in [1.54, 1.807) is 34.6 Å². The Morgan fingerprint density at radius 3 is 2.44 bits per heavy atom. The zero-order valence-electron chi connectivity index (χ0n) is 20.4. The first-order valence-electron chi connectivity index (χ1n) is 11.3. The molecule has 1 aromatic heterocycles. The molecule has 0 bridgehead atoms. The summed E-state index contributed by atoms with van der Waals surface area (Å²) in [5, 5.41) is 16.8. The van der Waals surface area contributed by atoms with E-state index < -0.39 is 54.2 Å². The molecule has 0 saturated carbocycles. The van der Waals surface area contributed by atoms with Gasteiger partial charge in [0.15, 0.2) is 0 Å². The SMILES string of the molecule is CCC(C(=O)NC(CC(=O)OC(C)(C)C)C(O)CF)c1c(C)cnn(Cc2ccccc2)c1=O. The third-order valence-corrected chi connectivity index (χ3v) is 5.29. The van der Waals surface area contributed by atoms with Crippen LogP contribution in [0.5, 0.6) is 0 Å². The minimum absolute atomic E-state index is 0.243. The van der Waals surface area contributed by atoms with Gasteiger partial charge in [0.25, 0.3) is 5.56 Å². The molecule has 3 unspecified atom stereocenters. The maximum atomic E-state index is 13.3. The number of nitrogens with one attached hydrogen (secondary N) is 1. The van der Waals surface area contributed by atoms with E-state index in [9.17, 15) is 23.9 Å². The monoisotopic (exact) mass is 475 g/mol. The number of amides is 1. The van der Waals surface area contributed by atoms with Crippen LogP contribution >= 0.6 is 0 Å². The highest BCUT2D eigenvalue weighted by molar-refractivity contribution is 5.84. The number of halogens is 1. The molecule has 0 fully saturated rings. The largest absolute Gasteiger partial charge is 0.460 e. The van der Waals surface area contributed by atoms with Crippen LogP contribution in [0, 0.1) is 6.92 Å². The summed E-state index contributed by atoms with van der Waals surface area (Å²) < 4.78 is 19.8. The van der Waals surface area contributed by atoms with Crippen LogP contribution < -0.4 is 10.9 Å². The fourth-order valence-electron chi connectivity index (χ4n) is 3.64. The Labute approximate surface area is 199 Å². The topological polar surface area (TPSA) is 111 Å². The lowest BCUT2D eigenvalue weighted by Gasteiger charge is -2.26. The quantitative estimate of drug-likeness (QED) is 0.511. The minimum atomic E-state index is -1.60. The number of nitrogens with zero attached hydrogens (tertiary/aromatic N) is 2. The third-order valence-electron chi connectivity index (χ3n) is 5.29. The molecule has 0 radical (unpaired) electrons. The molecule has 34 heavy (non-hydrogen) atoms. The molecule has 0 saturated heterocycles. The Hall–Kier alpha value is -3.07. The van der Waals surface area contributed by atoms with Gasteiger partial charge in [0.2, 0.25) is 5.91 Å². The number of hydrogen-bond acceptors (Lipinski definition) is 6. The van der Waals surface area contributed by atoms with Gasteiger partial charge in [0.1, 0.15) is 18.4 Å². The van der Waals surface area contributed by atoms with Crippen LogP contribution in [-0.2, 0) is 20.9 Å². The van der Waals surface area contributed by atoms with Gasteiger partial charge in [-0.15, -0.1) is 0 Å². The molecule has 2 aromatic rings. The molecule has 1 aromatic carbocycles. The summed E-state index contributed by atoms with van der Waals surface area (Å²) >= 11 is 0. The molecule has 186 valence electrons. The fraction of sp³-hybridized carbons (Fsp3) is 0.520. The Morgan fingerprint density at radius 1 is 1.24 bits per heavy atom. The Bertz CT molecular complexity index is 1030. The van der Waals surface area contributed by atoms with Crippen molar-refractivity contribution in [1.29, 1.82) is 0 Å². The number of aliphatic hydroxyl groups excluding tert-OH is 1. The number of benzene rings is 1. The van der Waals surface area contributed by atoms with Crippen molar-refractivity contribution in [2.24, 2.45) is 0 Å². The maximum absolute atomic E-state index is 13.3. The van der Waals surface area contributed by atoms with Crippen molar-refractivity contribution in [3.63, 3.8) is 0 Å². The van der Waals surface area contributed by atoms with Gasteiger partial charge in [-0.25, -0.2) is 9.07 Å². The molecule has 2 rings (SSSR count). The zero-order chi connectivity index (χ0) is 25.5. The van der Waals surface area contributed by atoms with E-state index in [2.05, 4.69) is 10.4 Å². The van der Waals surface area contributed by atoms with Gasteiger partial charge in [-0.1, -0.05) is 37.3 Å². The van der Waals surface area contributed by atoms with Crippen molar-refractivity contribution in [2.45, 2.75) is 77.7 Å². The summed E-state index contributed by atoms with van der Waals surface area (Å²) in [6.45, 7) is 7.59. The van der Waals surface area contributed by atoms with Gasteiger partial charge >= 0.3 is 5.97 Å². The summed E-state index contributed by atoms with van der Waals surface area (Å²) in [5.74, 6) is -2.13. The number of aryl methyl sites for hydroxylation is 1. The number of ether oxygens (including phenoxy) is 1.